The minimum atomic E-state index is 0.580. The molecule has 1 aliphatic heterocycles. The Morgan fingerprint density at radius 2 is 2.00 bits per heavy atom. The number of rotatable bonds is 4. The van der Waals surface area contributed by atoms with E-state index in [0.29, 0.717) is 6.04 Å². The van der Waals surface area contributed by atoms with Crippen LogP contribution >= 0.6 is 0 Å². The molecule has 2 rings (SSSR count). The van der Waals surface area contributed by atoms with Crippen molar-refractivity contribution in [2.24, 2.45) is 0 Å². The molecule has 3 nitrogen and oxygen atoms in total. The maximum atomic E-state index is 5.45. The van der Waals surface area contributed by atoms with Crippen molar-refractivity contribution in [1.29, 1.82) is 0 Å². The average Bonchev–Trinajstić information content (AvgIpc) is 2.83. The fraction of sp³-hybridized carbons (Fsp3) is 0.571. The van der Waals surface area contributed by atoms with Gasteiger partial charge in [-0.15, -0.1) is 0 Å². The highest BCUT2D eigenvalue weighted by Crippen LogP contribution is 2.30. The molecule has 0 aliphatic carbocycles. The molecule has 1 fully saturated rings. The van der Waals surface area contributed by atoms with Crippen LogP contribution in [0.3, 0.4) is 0 Å². The molecule has 0 amide bonds. The van der Waals surface area contributed by atoms with Crippen molar-refractivity contribution in [3.63, 3.8) is 0 Å². The van der Waals surface area contributed by atoms with Gasteiger partial charge in [0.2, 0.25) is 0 Å². The molecule has 1 heterocycles. The predicted octanol–water partition coefficient (Wildman–Crippen LogP) is 2.31. The molecular formula is C14H21NO2. The van der Waals surface area contributed by atoms with Gasteiger partial charge in [0, 0.05) is 6.04 Å². The van der Waals surface area contributed by atoms with E-state index in [2.05, 4.69) is 17.4 Å². The number of nitrogens with one attached hydrogen (secondary N) is 1. The molecular weight excluding hydrogens is 214 g/mol. The minimum absolute atomic E-state index is 0.580. The highest BCUT2D eigenvalue weighted by Gasteiger charge is 2.17. The van der Waals surface area contributed by atoms with E-state index in [1.165, 1.54) is 18.4 Å². The third-order valence-electron chi connectivity index (χ3n) is 3.43. The summed E-state index contributed by atoms with van der Waals surface area (Å²) in [6.45, 7) is 3.18. The van der Waals surface area contributed by atoms with Crippen LogP contribution < -0.4 is 14.8 Å². The lowest BCUT2D eigenvalue weighted by Crippen LogP contribution is -2.23. The molecule has 94 valence electrons. The van der Waals surface area contributed by atoms with Gasteiger partial charge in [0.05, 0.1) is 14.2 Å². The Kier molecular flexibility index (Phi) is 3.89. The first kappa shape index (κ1) is 12.2. The standard InChI is InChI=1S/C14H21NO2/c1-10-7-14(17-3)11(9-13(10)16-2)8-12-5-4-6-15-12/h7,9,12,15H,4-6,8H2,1-3H3. The predicted molar refractivity (Wildman–Crippen MR) is 69.0 cm³/mol. The molecule has 1 aromatic rings. The van der Waals surface area contributed by atoms with Gasteiger partial charge in [0.25, 0.3) is 0 Å². The van der Waals surface area contributed by atoms with Crippen LogP contribution in [0.15, 0.2) is 12.1 Å². The topological polar surface area (TPSA) is 30.5 Å². The van der Waals surface area contributed by atoms with Crippen molar-refractivity contribution in [3.8, 4) is 11.5 Å². The molecule has 1 N–H and O–H groups in total. The Bertz CT molecular complexity index is 384. The molecule has 0 bridgehead atoms. The molecule has 0 aromatic heterocycles. The molecule has 0 saturated carbocycles. The van der Waals surface area contributed by atoms with Gasteiger partial charge in [0.1, 0.15) is 11.5 Å². The second kappa shape index (κ2) is 5.41. The zero-order chi connectivity index (χ0) is 12.3. The van der Waals surface area contributed by atoms with Crippen LogP contribution in [0.1, 0.15) is 24.0 Å². The van der Waals surface area contributed by atoms with E-state index in [1.54, 1.807) is 14.2 Å². The highest BCUT2D eigenvalue weighted by atomic mass is 16.5. The molecule has 1 atom stereocenters. The molecule has 1 unspecified atom stereocenters. The number of hydrogen-bond donors (Lipinski definition) is 1. The maximum absolute atomic E-state index is 5.45. The third kappa shape index (κ3) is 2.72. The summed E-state index contributed by atoms with van der Waals surface area (Å²) in [5, 5.41) is 3.51. The monoisotopic (exact) mass is 235 g/mol. The van der Waals surface area contributed by atoms with Gasteiger partial charge in [-0.1, -0.05) is 0 Å². The van der Waals surface area contributed by atoms with Crippen molar-refractivity contribution in [2.75, 3.05) is 20.8 Å². The van der Waals surface area contributed by atoms with E-state index in [4.69, 9.17) is 9.47 Å². The largest absolute Gasteiger partial charge is 0.496 e. The van der Waals surface area contributed by atoms with Gasteiger partial charge in [-0.25, -0.2) is 0 Å². The number of benzene rings is 1. The van der Waals surface area contributed by atoms with Gasteiger partial charge in [-0.05, 0) is 56.0 Å². The van der Waals surface area contributed by atoms with E-state index < -0.39 is 0 Å². The summed E-state index contributed by atoms with van der Waals surface area (Å²) in [6.07, 6.45) is 3.54. The van der Waals surface area contributed by atoms with Gasteiger partial charge >= 0.3 is 0 Å². The molecule has 1 saturated heterocycles. The van der Waals surface area contributed by atoms with Crippen LogP contribution in [0.25, 0.3) is 0 Å². The summed E-state index contributed by atoms with van der Waals surface area (Å²) in [4.78, 5) is 0. The van der Waals surface area contributed by atoms with Gasteiger partial charge in [-0.2, -0.15) is 0 Å². The van der Waals surface area contributed by atoms with E-state index in [0.717, 1.165) is 30.0 Å². The molecule has 3 heteroatoms. The molecule has 1 aliphatic rings. The van der Waals surface area contributed by atoms with E-state index >= 15 is 0 Å². The SMILES string of the molecule is COc1cc(CC2CCCN2)c(OC)cc1C. The van der Waals surface area contributed by atoms with E-state index in [1.807, 2.05) is 6.92 Å². The molecule has 17 heavy (non-hydrogen) atoms. The normalized spacial score (nSPS) is 19.4. The number of methoxy groups -OCH3 is 2. The summed E-state index contributed by atoms with van der Waals surface area (Å²) in [6, 6.07) is 4.74. The van der Waals surface area contributed by atoms with Crippen LogP contribution in [-0.2, 0) is 6.42 Å². The first-order valence-corrected chi connectivity index (χ1v) is 6.19. The lowest BCUT2D eigenvalue weighted by atomic mass is 10.0. The van der Waals surface area contributed by atoms with Crippen LogP contribution in [0, 0.1) is 6.92 Å². The van der Waals surface area contributed by atoms with E-state index in [9.17, 15) is 0 Å². The summed E-state index contributed by atoms with van der Waals surface area (Å²) < 4.78 is 10.8. The van der Waals surface area contributed by atoms with E-state index in [-0.39, 0.29) is 0 Å². The summed E-state index contributed by atoms with van der Waals surface area (Å²) in [7, 11) is 3.44. The van der Waals surface area contributed by atoms with Crippen molar-refractivity contribution in [1.82, 2.24) is 5.32 Å². The van der Waals surface area contributed by atoms with Crippen molar-refractivity contribution < 1.29 is 9.47 Å². The zero-order valence-electron chi connectivity index (χ0n) is 10.9. The second-order valence-electron chi connectivity index (χ2n) is 4.63. The first-order valence-electron chi connectivity index (χ1n) is 6.19. The van der Waals surface area contributed by atoms with Crippen LogP contribution in [0.2, 0.25) is 0 Å². The van der Waals surface area contributed by atoms with Crippen LogP contribution in [0.4, 0.5) is 0 Å². The van der Waals surface area contributed by atoms with Crippen molar-refractivity contribution in [2.45, 2.75) is 32.2 Å². The Balaban J connectivity index is 2.23. The lowest BCUT2D eigenvalue weighted by Gasteiger charge is -2.16. The molecule has 0 spiro atoms. The smallest absolute Gasteiger partial charge is 0.122 e. The maximum Gasteiger partial charge on any atom is 0.122 e. The fourth-order valence-corrected chi connectivity index (χ4v) is 2.47. The third-order valence-corrected chi connectivity index (χ3v) is 3.43. The second-order valence-corrected chi connectivity index (χ2v) is 4.63. The Labute approximate surface area is 103 Å². The highest BCUT2D eigenvalue weighted by molar-refractivity contribution is 5.46. The summed E-state index contributed by atoms with van der Waals surface area (Å²) >= 11 is 0. The number of aryl methyl sites for hydroxylation is 1. The average molecular weight is 235 g/mol. The Morgan fingerprint density at radius 3 is 2.59 bits per heavy atom. The lowest BCUT2D eigenvalue weighted by molar-refractivity contribution is 0.394. The van der Waals surface area contributed by atoms with Crippen molar-refractivity contribution in [3.05, 3.63) is 23.3 Å². The minimum Gasteiger partial charge on any atom is -0.496 e. The van der Waals surface area contributed by atoms with Gasteiger partial charge in [0.15, 0.2) is 0 Å². The zero-order valence-corrected chi connectivity index (χ0v) is 10.9. The van der Waals surface area contributed by atoms with Crippen LogP contribution in [-0.4, -0.2) is 26.8 Å². The Hall–Kier alpha value is -1.22. The summed E-state index contributed by atoms with van der Waals surface area (Å²) in [5.74, 6) is 1.91. The van der Waals surface area contributed by atoms with Gasteiger partial charge in [-0.3, -0.25) is 0 Å². The Morgan fingerprint density at radius 1 is 1.24 bits per heavy atom. The van der Waals surface area contributed by atoms with Crippen molar-refractivity contribution >= 4 is 0 Å². The first-order chi connectivity index (χ1) is 8.24. The molecule has 1 aromatic carbocycles. The quantitative estimate of drug-likeness (QED) is 0.868. The van der Waals surface area contributed by atoms with Gasteiger partial charge < -0.3 is 14.8 Å². The molecule has 0 radical (unpaired) electrons. The fourth-order valence-electron chi connectivity index (χ4n) is 2.47. The number of ether oxygens (including phenoxy) is 2. The van der Waals surface area contributed by atoms with Crippen LogP contribution in [0.5, 0.6) is 11.5 Å². The number of hydrogen-bond acceptors (Lipinski definition) is 3. The summed E-state index contributed by atoms with van der Waals surface area (Å²) in [5.41, 5.74) is 2.35.